The number of anilines is 1. The number of hydrogen-bond donors (Lipinski definition) is 1. The van der Waals surface area contributed by atoms with Gasteiger partial charge in [-0.1, -0.05) is 42.5 Å². The van der Waals surface area contributed by atoms with Crippen LogP contribution in [0.25, 0.3) is 11.1 Å². The number of β-amino-alcohol motifs (C(OH)–C–C–N with tert-alkyl or cyclic N) is 1. The summed E-state index contributed by atoms with van der Waals surface area (Å²) >= 11 is 0. The Morgan fingerprint density at radius 1 is 1.00 bits per heavy atom. The van der Waals surface area contributed by atoms with E-state index >= 15 is 0 Å². The van der Waals surface area contributed by atoms with Gasteiger partial charge in [0.2, 0.25) is 0 Å². The van der Waals surface area contributed by atoms with Crippen molar-refractivity contribution in [2.45, 2.75) is 6.10 Å². The third-order valence-electron chi connectivity index (χ3n) is 3.37. The van der Waals surface area contributed by atoms with E-state index in [1.165, 1.54) is 11.3 Å². The van der Waals surface area contributed by atoms with Gasteiger partial charge < -0.3 is 10.0 Å². The van der Waals surface area contributed by atoms with Crippen LogP contribution in [-0.4, -0.2) is 18.7 Å². The third kappa shape index (κ3) is 1.61. The predicted molar refractivity (Wildman–Crippen MR) is 70.1 cm³/mol. The number of aliphatic hydroxyl groups is 1. The minimum absolute atomic E-state index is 0.427. The maximum absolute atomic E-state index is 10.2. The molecule has 0 fully saturated rings. The lowest BCUT2D eigenvalue weighted by molar-refractivity contribution is 0.186. The van der Waals surface area contributed by atoms with E-state index in [9.17, 15) is 5.11 Å². The molecule has 1 N–H and O–H groups in total. The number of aliphatic hydroxyl groups excluding tert-OH is 1. The number of likely N-dealkylation sites (N-methyl/N-ethyl adjacent to an activating group) is 1. The Hall–Kier alpha value is -1.80. The van der Waals surface area contributed by atoms with Crippen LogP contribution in [0.2, 0.25) is 0 Å². The van der Waals surface area contributed by atoms with Crippen LogP contribution >= 0.6 is 0 Å². The topological polar surface area (TPSA) is 23.5 Å². The fourth-order valence-corrected chi connectivity index (χ4v) is 2.52. The Balaban J connectivity index is 2.30. The van der Waals surface area contributed by atoms with E-state index in [0.717, 1.165) is 11.1 Å². The Kier molecular flexibility index (Phi) is 2.37. The van der Waals surface area contributed by atoms with Gasteiger partial charge in [-0.25, -0.2) is 0 Å². The quantitative estimate of drug-likeness (QED) is 0.745. The summed E-state index contributed by atoms with van der Waals surface area (Å²) < 4.78 is 0. The SMILES string of the molecule is CN1CC(O)c2ccccc2-c2ccccc21. The zero-order valence-corrected chi connectivity index (χ0v) is 9.80. The molecule has 0 aromatic heterocycles. The van der Waals surface area contributed by atoms with E-state index < -0.39 is 6.10 Å². The third-order valence-corrected chi connectivity index (χ3v) is 3.37. The molecule has 1 atom stereocenters. The highest BCUT2D eigenvalue weighted by Gasteiger charge is 2.22. The van der Waals surface area contributed by atoms with Crippen LogP contribution in [0.4, 0.5) is 5.69 Å². The van der Waals surface area contributed by atoms with Crippen LogP contribution in [-0.2, 0) is 0 Å². The predicted octanol–water partition coefficient (Wildman–Crippen LogP) is 2.84. The van der Waals surface area contributed by atoms with Crippen molar-refractivity contribution in [1.29, 1.82) is 0 Å². The fraction of sp³-hybridized carbons (Fsp3) is 0.200. The fourth-order valence-electron chi connectivity index (χ4n) is 2.52. The molecule has 0 amide bonds. The Morgan fingerprint density at radius 2 is 1.65 bits per heavy atom. The molecule has 1 unspecified atom stereocenters. The van der Waals surface area contributed by atoms with Crippen LogP contribution in [0.3, 0.4) is 0 Å². The first-order chi connectivity index (χ1) is 8.27. The van der Waals surface area contributed by atoms with Crippen LogP contribution in [0.1, 0.15) is 11.7 Å². The lowest BCUT2D eigenvalue weighted by atomic mass is 9.97. The second kappa shape index (κ2) is 3.90. The molecule has 17 heavy (non-hydrogen) atoms. The molecule has 86 valence electrons. The zero-order valence-electron chi connectivity index (χ0n) is 9.80. The van der Waals surface area contributed by atoms with Gasteiger partial charge in [-0.05, 0) is 17.2 Å². The molecule has 0 saturated carbocycles. The van der Waals surface area contributed by atoms with E-state index in [0.29, 0.717) is 6.54 Å². The molecule has 0 saturated heterocycles. The summed E-state index contributed by atoms with van der Waals surface area (Å²) in [6.07, 6.45) is -0.427. The summed E-state index contributed by atoms with van der Waals surface area (Å²) in [5, 5.41) is 10.2. The summed E-state index contributed by atoms with van der Waals surface area (Å²) in [5.41, 5.74) is 4.53. The Bertz CT molecular complexity index is 501. The molecule has 0 spiro atoms. The van der Waals surface area contributed by atoms with Crippen molar-refractivity contribution >= 4 is 5.69 Å². The van der Waals surface area contributed by atoms with Crippen molar-refractivity contribution in [3.63, 3.8) is 0 Å². The number of benzene rings is 2. The highest BCUT2D eigenvalue weighted by atomic mass is 16.3. The molecule has 2 nitrogen and oxygen atoms in total. The molecule has 1 heterocycles. The van der Waals surface area contributed by atoms with Crippen molar-refractivity contribution in [3.8, 4) is 11.1 Å². The molecule has 2 aromatic rings. The van der Waals surface area contributed by atoms with Crippen molar-refractivity contribution in [2.24, 2.45) is 0 Å². The van der Waals surface area contributed by atoms with E-state index in [4.69, 9.17) is 0 Å². The first-order valence-corrected chi connectivity index (χ1v) is 5.85. The summed E-state index contributed by atoms with van der Waals surface area (Å²) in [5.74, 6) is 0. The molecule has 2 heteroatoms. The highest BCUT2D eigenvalue weighted by molar-refractivity contribution is 5.82. The van der Waals surface area contributed by atoms with Gasteiger partial charge in [0.05, 0.1) is 6.10 Å². The minimum atomic E-state index is -0.427. The van der Waals surface area contributed by atoms with Gasteiger partial charge >= 0.3 is 0 Å². The second-order valence-corrected chi connectivity index (χ2v) is 4.50. The summed E-state index contributed by atoms with van der Waals surface area (Å²) in [6.45, 7) is 0.633. The zero-order chi connectivity index (χ0) is 11.8. The molecule has 0 bridgehead atoms. The number of nitrogens with zero attached hydrogens (tertiary/aromatic N) is 1. The van der Waals surface area contributed by atoms with Crippen LogP contribution < -0.4 is 4.90 Å². The van der Waals surface area contributed by atoms with E-state index in [-0.39, 0.29) is 0 Å². The summed E-state index contributed by atoms with van der Waals surface area (Å²) in [6, 6.07) is 16.4. The molecule has 0 aliphatic carbocycles. The number of para-hydroxylation sites is 1. The Morgan fingerprint density at radius 3 is 2.47 bits per heavy atom. The first-order valence-electron chi connectivity index (χ1n) is 5.85. The van der Waals surface area contributed by atoms with Gasteiger partial charge in [0.1, 0.15) is 0 Å². The van der Waals surface area contributed by atoms with E-state index in [2.05, 4.69) is 23.1 Å². The van der Waals surface area contributed by atoms with Crippen molar-refractivity contribution in [3.05, 3.63) is 54.1 Å². The molecule has 1 aliphatic heterocycles. The van der Waals surface area contributed by atoms with Gasteiger partial charge in [0, 0.05) is 24.8 Å². The van der Waals surface area contributed by atoms with Gasteiger partial charge in [-0.3, -0.25) is 0 Å². The molecular formula is C15H15NO. The van der Waals surface area contributed by atoms with Crippen molar-refractivity contribution in [2.75, 3.05) is 18.5 Å². The Labute approximate surface area is 101 Å². The van der Waals surface area contributed by atoms with Gasteiger partial charge in [0.25, 0.3) is 0 Å². The smallest absolute Gasteiger partial charge is 0.0970 e. The second-order valence-electron chi connectivity index (χ2n) is 4.50. The number of rotatable bonds is 0. The molecule has 2 aromatic carbocycles. The minimum Gasteiger partial charge on any atom is -0.387 e. The monoisotopic (exact) mass is 225 g/mol. The van der Waals surface area contributed by atoms with Crippen LogP contribution in [0.5, 0.6) is 0 Å². The first kappa shape index (κ1) is 10.4. The van der Waals surface area contributed by atoms with Gasteiger partial charge in [-0.2, -0.15) is 0 Å². The molecular weight excluding hydrogens is 210 g/mol. The van der Waals surface area contributed by atoms with Gasteiger partial charge in [-0.15, -0.1) is 0 Å². The van der Waals surface area contributed by atoms with Gasteiger partial charge in [0.15, 0.2) is 0 Å². The largest absolute Gasteiger partial charge is 0.387 e. The highest BCUT2D eigenvalue weighted by Crippen LogP contribution is 2.38. The average Bonchev–Trinajstić information content (AvgIpc) is 2.48. The average molecular weight is 225 g/mol. The molecule has 3 rings (SSSR count). The number of fused-ring (bicyclic) bond motifs is 3. The standard InChI is InChI=1S/C15H15NO/c1-16-10-15(17)13-8-3-2-6-11(13)12-7-4-5-9-14(12)16/h2-9,15,17H,10H2,1H3. The van der Waals surface area contributed by atoms with Crippen molar-refractivity contribution in [1.82, 2.24) is 0 Å². The lowest BCUT2D eigenvalue weighted by Crippen LogP contribution is -2.22. The molecule has 1 aliphatic rings. The normalized spacial score (nSPS) is 18.2. The summed E-state index contributed by atoms with van der Waals surface area (Å²) in [4.78, 5) is 2.11. The van der Waals surface area contributed by atoms with Crippen LogP contribution in [0.15, 0.2) is 48.5 Å². The van der Waals surface area contributed by atoms with E-state index in [1.807, 2.05) is 37.4 Å². The van der Waals surface area contributed by atoms with Crippen molar-refractivity contribution < 1.29 is 5.11 Å². The number of hydrogen-bond acceptors (Lipinski definition) is 2. The maximum atomic E-state index is 10.2. The lowest BCUT2D eigenvalue weighted by Gasteiger charge is -2.20. The molecule has 0 radical (unpaired) electrons. The van der Waals surface area contributed by atoms with E-state index in [1.54, 1.807) is 0 Å². The summed E-state index contributed by atoms with van der Waals surface area (Å²) in [7, 11) is 2.02. The van der Waals surface area contributed by atoms with Crippen LogP contribution in [0, 0.1) is 0 Å². The maximum Gasteiger partial charge on any atom is 0.0970 e.